The Labute approximate surface area is 113 Å². The number of anilines is 1. The number of nitrogens with zero attached hydrogens (tertiary/aromatic N) is 1. The molecule has 2 rings (SSSR count). The van der Waals surface area contributed by atoms with Gasteiger partial charge in [0.2, 0.25) is 5.91 Å². The molecule has 0 saturated carbocycles. The van der Waals surface area contributed by atoms with Gasteiger partial charge in [-0.2, -0.15) is 0 Å². The van der Waals surface area contributed by atoms with Crippen molar-refractivity contribution in [1.82, 2.24) is 10.4 Å². The lowest BCUT2D eigenvalue weighted by atomic mass is 10.1. The molecular weight excluding hydrogens is 238 g/mol. The van der Waals surface area contributed by atoms with Crippen LogP contribution in [0.3, 0.4) is 0 Å². The minimum atomic E-state index is -0.0105. The third-order valence-corrected chi connectivity index (χ3v) is 2.88. The summed E-state index contributed by atoms with van der Waals surface area (Å²) in [5.41, 5.74) is 6.42. The SMILES string of the molecule is CC(C)CCC(=O)NNc1ccc2ccccc2n1. The Bertz CT molecular complexity index is 566. The van der Waals surface area contributed by atoms with E-state index in [0.29, 0.717) is 18.2 Å². The molecule has 0 aliphatic rings. The van der Waals surface area contributed by atoms with Gasteiger partial charge in [0.25, 0.3) is 0 Å². The smallest absolute Gasteiger partial charge is 0.238 e. The second-order valence-corrected chi connectivity index (χ2v) is 4.99. The minimum absolute atomic E-state index is 0.0105. The molecule has 0 aliphatic carbocycles. The zero-order valence-corrected chi connectivity index (χ0v) is 11.3. The third kappa shape index (κ3) is 3.95. The zero-order valence-electron chi connectivity index (χ0n) is 11.3. The van der Waals surface area contributed by atoms with Crippen LogP contribution in [0, 0.1) is 5.92 Å². The average molecular weight is 257 g/mol. The third-order valence-electron chi connectivity index (χ3n) is 2.88. The number of hydrogen-bond acceptors (Lipinski definition) is 3. The fourth-order valence-corrected chi connectivity index (χ4v) is 1.75. The van der Waals surface area contributed by atoms with Crippen molar-refractivity contribution in [1.29, 1.82) is 0 Å². The largest absolute Gasteiger partial charge is 0.282 e. The molecule has 4 nitrogen and oxygen atoms in total. The molecule has 100 valence electrons. The van der Waals surface area contributed by atoms with Crippen LogP contribution in [-0.2, 0) is 4.79 Å². The predicted molar refractivity (Wildman–Crippen MR) is 77.6 cm³/mol. The van der Waals surface area contributed by atoms with Crippen LogP contribution in [-0.4, -0.2) is 10.9 Å². The molecule has 1 amide bonds. The highest BCUT2D eigenvalue weighted by Gasteiger charge is 2.03. The molecule has 1 aromatic heterocycles. The van der Waals surface area contributed by atoms with E-state index in [-0.39, 0.29) is 5.91 Å². The molecule has 0 bridgehead atoms. The maximum atomic E-state index is 11.6. The summed E-state index contributed by atoms with van der Waals surface area (Å²) in [7, 11) is 0. The molecule has 0 aliphatic heterocycles. The maximum Gasteiger partial charge on any atom is 0.238 e. The van der Waals surface area contributed by atoms with Crippen molar-refractivity contribution in [3.63, 3.8) is 0 Å². The number of pyridine rings is 1. The molecule has 19 heavy (non-hydrogen) atoms. The van der Waals surface area contributed by atoms with Crippen LogP contribution in [0.25, 0.3) is 10.9 Å². The molecule has 0 fully saturated rings. The first-order chi connectivity index (χ1) is 9.15. The van der Waals surface area contributed by atoms with E-state index in [1.807, 2.05) is 36.4 Å². The first kappa shape index (κ1) is 13.3. The highest BCUT2D eigenvalue weighted by atomic mass is 16.2. The molecule has 0 radical (unpaired) electrons. The van der Waals surface area contributed by atoms with Gasteiger partial charge in [-0.3, -0.25) is 15.6 Å². The van der Waals surface area contributed by atoms with E-state index in [1.54, 1.807) is 0 Å². The summed E-state index contributed by atoms with van der Waals surface area (Å²) in [4.78, 5) is 16.0. The van der Waals surface area contributed by atoms with Crippen molar-refractivity contribution < 1.29 is 4.79 Å². The second-order valence-electron chi connectivity index (χ2n) is 4.99. The van der Waals surface area contributed by atoms with Gasteiger partial charge in [0.1, 0.15) is 5.82 Å². The number of carbonyl (C=O) groups is 1. The van der Waals surface area contributed by atoms with Gasteiger partial charge < -0.3 is 0 Å². The van der Waals surface area contributed by atoms with Gasteiger partial charge in [0, 0.05) is 11.8 Å². The first-order valence-corrected chi connectivity index (χ1v) is 6.56. The van der Waals surface area contributed by atoms with Crippen molar-refractivity contribution in [3.05, 3.63) is 36.4 Å². The summed E-state index contributed by atoms with van der Waals surface area (Å²) >= 11 is 0. The zero-order chi connectivity index (χ0) is 13.7. The Balaban J connectivity index is 1.92. The standard InChI is InChI=1S/C15H19N3O/c1-11(2)7-10-15(19)18-17-14-9-8-12-5-3-4-6-13(12)16-14/h3-6,8-9,11H,7,10H2,1-2H3,(H,16,17)(H,18,19). The number of benzene rings is 1. The van der Waals surface area contributed by atoms with E-state index in [2.05, 4.69) is 29.7 Å². The van der Waals surface area contributed by atoms with Crippen molar-refractivity contribution in [3.8, 4) is 0 Å². The summed E-state index contributed by atoms with van der Waals surface area (Å²) in [5.74, 6) is 1.17. The Morgan fingerprint density at radius 2 is 2.00 bits per heavy atom. The summed E-state index contributed by atoms with van der Waals surface area (Å²) in [6.45, 7) is 4.21. The molecule has 0 saturated heterocycles. The van der Waals surface area contributed by atoms with Crippen molar-refractivity contribution >= 4 is 22.6 Å². The van der Waals surface area contributed by atoms with Gasteiger partial charge in [-0.05, 0) is 30.5 Å². The number of rotatable bonds is 5. The van der Waals surface area contributed by atoms with Crippen molar-refractivity contribution in [2.24, 2.45) is 5.92 Å². The lowest BCUT2D eigenvalue weighted by molar-refractivity contribution is -0.120. The topological polar surface area (TPSA) is 54.0 Å². The van der Waals surface area contributed by atoms with Gasteiger partial charge >= 0.3 is 0 Å². The van der Waals surface area contributed by atoms with Crippen LogP contribution in [0.1, 0.15) is 26.7 Å². The minimum Gasteiger partial charge on any atom is -0.282 e. The van der Waals surface area contributed by atoms with Crippen LogP contribution in [0.4, 0.5) is 5.82 Å². The number of carbonyl (C=O) groups excluding carboxylic acids is 1. The number of aromatic nitrogens is 1. The van der Waals surface area contributed by atoms with E-state index in [9.17, 15) is 4.79 Å². The van der Waals surface area contributed by atoms with Crippen LogP contribution in [0.5, 0.6) is 0 Å². The van der Waals surface area contributed by atoms with E-state index >= 15 is 0 Å². The van der Waals surface area contributed by atoms with Gasteiger partial charge in [-0.25, -0.2) is 4.98 Å². The van der Waals surface area contributed by atoms with Crippen molar-refractivity contribution in [2.45, 2.75) is 26.7 Å². The quantitative estimate of drug-likeness (QED) is 0.809. The van der Waals surface area contributed by atoms with Crippen LogP contribution in [0.15, 0.2) is 36.4 Å². The fourth-order valence-electron chi connectivity index (χ4n) is 1.75. The predicted octanol–water partition coefficient (Wildman–Crippen LogP) is 3.11. The van der Waals surface area contributed by atoms with E-state index in [1.165, 1.54) is 0 Å². The van der Waals surface area contributed by atoms with E-state index < -0.39 is 0 Å². The highest BCUT2D eigenvalue weighted by molar-refractivity contribution is 5.81. The lowest BCUT2D eigenvalue weighted by Crippen LogP contribution is -2.29. The summed E-state index contributed by atoms with van der Waals surface area (Å²) in [5, 5.41) is 1.08. The van der Waals surface area contributed by atoms with Crippen LogP contribution in [0.2, 0.25) is 0 Å². The lowest BCUT2D eigenvalue weighted by Gasteiger charge is -2.09. The second kappa shape index (κ2) is 6.18. The Hall–Kier alpha value is -2.10. The average Bonchev–Trinajstić information content (AvgIpc) is 2.42. The maximum absolute atomic E-state index is 11.6. The number of amides is 1. The van der Waals surface area contributed by atoms with E-state index in [4.69, 9.17) is 0 Å². The molecule has 2 aromatic rings. The van der Waals surface area contributed by atoms with Crippen molar-refractivity contribution in [2.75, 3.05) is 5.43 Å². The van der Waals surface area contributed by atoms with Crippen LogP contribution < -0.4 is 10.9 Å². The molecule has 0 spiro atoms. The molecular formula is C15H19N3O. The summed E-state index contributed by atoms with van der Waals surface area (Å²) < 4.78 is 0. The van der Waals surface area contributed by atoms with Crippen LogP contribution >= 0.6 is 0 Å². The number of hydrazine groups is 1. The molecule has 2 N–H and O–H groups in total. The number of nitrogens with one attached hydrogen (secondary N) is 2. The molecule has 1 heterocycles. The van der Waals surface area contributed by atoms with E-state index in [0.717, 1.165) is 17.3 Å². The first-order valence-electron chi connectivity index (χ1n) is 6.56. The molecule has 0 atom stereocenters. The Kier molecular flexibility index (Phi) is 4.34. The fraction of sp³-hybridized carbons (Fsp3) is 0.333. The van der Waals surface area contributed by atoms with Gasteiger partial charge in [-0.1, -0.05) is 32.0 Å². The Morgan fingerprint density at radius 3 is 2.79 bits per heavy atom. The molecule has 1 aromatic carbocycles. The monoisotopic (exact) mass is 257 g/mol. The van der Waals surface area contributed by atoms with Gasteiger partial charge in [-0.15, -0.1) is 0 Å². The number of para-hydroxylation sites is 1. The van der Waals surface area contributed by atoms with Gasteiger partial charge in [0.15, 0.2) is 0 Å². The molecule has 0 unspecified atom stereocenters. The Morgan fingerprint density at radius 1 is 1.21 bits per heavy atom. The number of hydrogen-bond donors (Lipinski definition) is 2. The van der Waals surface area contributed by atoms with Gasteiger partial charge in [0.05, 0.1) is 5.52 Å². The normalized spacial score (nSPS) is 10.7. The number of fused-ring (bicyclic) bond motifs is 1. The summed E-state index contributed by atoms with van der Waals surface area (Å²) in [6.07, 6.45) is 1.41. The molecule has 4 heteroatoms. The highest BCUT2D eigenvalue weighted by Crippen LogP contribution is 2.13. The summed E-state index contributed by atoms with van der Waals surface area (Å²) in [6, 6.07) is 11.7.